The van der Waals surface area contributed by atoms with Gasteiger partial charge >= 0.3 is 6.09 Å². The van der Waals surface area contributed by atoms with Crippen LogP contribution in [-0.2, 0) is 17.9 Å². The van der Waals surface area contributed by atoms with Crippen molar-refractivity contribution in [2.24, 2.45) is 0 Å². The number of aliphatic hydroxyl groups is 1. The zero-order valence-electron chi connectivity index (χ0n) is 11.4. The Bertz CT molecular complexity index is 407. The van der Waals surface area contributed by atoms with E-state index in [2.05, 4.69) is 10.4 Å². The summed E-state index contributed by atoms with van der Waals surface area (Å²) in [7, 11) is 0. The smallest absolute Gasteiger partial charge is 0.407 e. The van der Waals surface area contributed by atoms with Crippen LogP contribution in [0.15, 0.2) is 6.07 Å². The summed E-state index contributed by atoms with van der Waals surface area (Å²) >= 11 is 0. The molecule has 0 aromatic carbocycles. The molecule has 0 aliphatic heterocycles. The van der Waals surface area contributed by atoms with Gasteiger partial charge in [-0.3, -0.25) is 4.68 Å². The minimum Gasteiger partial charge on any atom is -0.444 e. The lowest BCUT2D eigenvalue weighted by atomic mass is 10.2. The summed E-state index contributed by atoms with van der Waals surface area (Å²) in [5.74, 6) is 0. The van der Waals surface area contributed by atoms with Crippen LogP contribution < -0.4 is 5.32 Å². The molecule has 1 heterocycles. The first-order valence-corrected chi connectivity index (χ1v) is 5.93. The van der Waals surface area contributed by atoms with Crippen molar-refractivity contribution in [2.75, 3.05) is 6.54 Å². The van der Waals surface area contributed by atoms with Gasteiger partial charge in [0.05, 0.1) is 24.5 Å². The highest BCUT2D eigenvalue weighted by atomic mass is 16.6. The van der Waals surface area contributed by atoms with E-state index in [1.807, 2.05) is 33.8 Å². The highest BCUT2D eigenvalue weighted by molar-refractivity contribution is 5.67. The van der Waals surface area contributed by atoms with Crippen molar-refractivity contribution >= 4 is 6.09 Å². The second-order valence-electron chi connectivity index (χ2n) is 5.09. The third-order valence-electron chi connectivity index (χ3n) is 2.14. The van der Waals surface area contributed by atoms with E-state index in [4.69, 9.17) is 9.84 Å². The number of carbonyl (C=O) groups is 1. The fourth-order valence-electron chi connectivity index (χ4n) is 1.50. The van der Waals surface area contributed by atoms with Gasteiger partial charge in [-0.2, -0.15) is 5.10 Å². The highest BCUT2D eigenvalue weighted by Crippen LogP contribution is 2.06. The predicted molar refractivity (Wildman–Crippen MR) is 67.1 cm³/mol. The van der Waals surface area contributed by atoms with Gasteiger partial charge in [0.2, 0.25) is 0 Å². The van der Waals surface area contributed by atoms with Crippen molar-refractivity contribution in [3.05, 3.63) is 17.5 Å². The number of carbonyl (C=O) groups excluding carboxylic acids is 1. The molecule has 0 radical (unpaired) electrons. The Morgan fingerprint density at radius 2 is 2.22 bits per heavy atom. The molecule has 6 nitrogen and oxygen atoms in total. The number of aryl methyl sites for hydroxylation is 1. The lowest BCUT2D eigenvalue weighted by Crippen LogP contribution is -2.34. The molecule has 1 amide bonds. The molecule has 0 unspecified atom stereocenters. The number of amides is 1. The van der Waals surface area contributed by atoms with E-state index >= 15 is 0 Å². The van der Waals surface area contributed by atoms with E-state index in [1.54, 1.807) is 4.68 Å². The van der Waals surface area contributed by atoms with Crippen LogP contribution in [0.5, 0.6) is 0 Å². The number of hydrogen-bond donors (Lipinski definition) is 2. The molecule has 6 heteroatoms. The monoisotopic (exact) mass is 255 g/mol. The summed E-state index contributed by atoms with van der Waals surface area (Å²) in [6.45, 7) is 8.14. The van der Waals surface area contributed by atoms with Gasteiger partial charge in [-0.05, 0) is 33.8 Å². The van der Waals surface area contributed by atoms with Crippen LogP contribution in [0, 0.1) is 6.92 Å². The van der Waals surface area contributed by atoms with Crippen molar-refractivity contribution in [1.82, 2.24) is 15.1 Å². The van der Waals surface area contributed by atoms with Gasteiger partial charge < -0.3 is 15.2 Å². The third kappa shape index (κ3) is 4.75. The summed E-state index contributed by atoms with van der Waals surface area (Å²) < 4.78 is 6.78. The van der Waals surface area contributed by atoms with Crippen molar-refractivity contribution in [3.8, 4) is 0 Å². The Balaban J connectivity index is 2.39. The van der Waals surface area contributed by atoms with E-state index in [0.717, 1.165) is 11.4 Å². The Morgan fingerprint density at radius 3 is 2.78 bits per heavy atom. The zero-order chi connectivity index (χ0) is 13.8. The second kappa shape index (κ2) is 5.86. The van der Waals surface area contributed by atoms with Crippen LogP contribution in [0.1, 0.15) is 32.2 Å². The molecular formula is C12H21N3O3. The van der Waals surface area contributed by atoms with Crippen molar-refractivity contribution in [3.63, 3.8) is 0 Å². The van der Waals surface area contributed by atoms with Crippen molar-refractivity contribution in [1.29, 1.82) is 0 Å². The second-order valence-corrected chi connectivity index (χ2v) is 5.09. The number of rotatable bonds is 4. The van der Waals surface area contributed by atoms with E-state index in [0.29, 0.717) is 13.1 Å². The summed E-state index contributed by atoms with van der Waals surface area (Å²) in [4.78, 5) is 11.4. The summed E-state index contributed by atoms with van der Waals surface area (Å²) in [6.07, 6.45) is -0.447. The molecule has 2 N–H and O–H groups in total. The van der Waals surface area contributed by atoms with Crippen LogP contribution in [0.25, 0.3) is 0 Å². The highest BCUT2D eigenvalue weighted by Gasteiger charge is 2.15. The molecule has 1 rings (SSSR count). The number of aromatic nitrogens is 2. The van der Waals surface area contributed by atoms with E-state index in [-0.39, 0.29) is 6.61 Å². The van der Waals surface area contributed by atoms with Gasteiger partial charge in [0.1, 0.15) is 5.60 Å². The fourth-order valence-corrected chi connectivity index (χ4v) is 1.50. The van der Waals surface area contributed by atoms with Crippen molar-refractivity contribution in [2.45, 2.75) is 46.4 Å². The maximum Gasteiger partial charge on any atom is 0.407 e. The topological polar surface area (TPSA) is 76.4 Å². The number of nitrogens with zero attached hydrogens (tertiary/aromatic N) is 2. The first-order chi connectivity index (χ1) is 8.31. The van der Waals surface area contributed by atoms with Gasteiger partial charge in [-0.15, -0.1) is 0 Å². The maximum absolute atomic E-state index is 11.4. The van der Waals surface area contributed by atoms with Crippen molar-refractivity contribution < 1.29 is 14.6 Å². The summed E-state index contributed by atoms with van der Waals surface area (Å²) in [5.41, 5.74) is 1.08. The quantitative estimate of drug-likeness (QED) is 0.847. The summed E-state index contributed by atoms with van der Waals surface area (Å²) in [5, 5.41) is 16.0. The molecule has 0 saturated carbocycles. The molecule has 0 atom stereocenters. The summed E-state index contributed by atoms with van der Waals surface area (Å²) in [6, 6.07) is 1.81. The molecule has 0 aliphatic carbocycles. The molecule has 18 heavy (non-hydrogen) atoms. The first kappa shape index (κ1) is 14.5. The van der Waals surface area contributed by atoms with E-state index in [1.165, 1.54) is 0 Å². The molecule has 0 aliphatic rings. The minimum absolute atomic E-state index is 0.0622. The van der Waals surface area contributed by atoms with Gasteiger partial charge in [0, 0.05) is 6.54 Å². The standard InChI is InChI=1S/C12H21N3O3/c1-9-7-10(8-16)15(14-9)6-5-13-11(17)18-12(2,3)4/h7,16H,5-6,8H2,1-4H3,(H,13,17). The SMILES string of the molecule is Cc1cc(CO)n(CCNC(=O)OC(C)(C)C)n1. The predicted octanol–water partition coefficient (Wildman–Crippen LogP) is 1.21. The Hall–Kier alpha value is -1.56. The number of aliphatic hydroxyl groups excluding tert-OH is 1. The van der Waals surface area contributed by atoms with Gasteiger partial charge in [0.15, 0.2) is 0 Å². The van der Waals surface area contributed by atoms with Crippen LogP contribution >= 0.6 is 0 Å². The third-order valence-corrected chi connectivity index (χ3v) is 2.14. The lowest BCUT2D eigenvalue weighted by Gasteiger charge is -2.19. The molecule has 102 valence electrons. The van der Waals surface area contributed by atoms with Crippen LogP contribution in [0.3, 0.4) is 0 Å². The van der Waals surface area contributed by atoms with Gasteiger partial charge in [0.25, 0.3) is 0 Å². The minimum atomic E-state index is -0.497. The van der Waals surface area contributed by atoms with Gasteiger partial charge in [-0.25, -0.2) is 4.79 Å². The Morgan fingerprint density at radius 1 is 1.56 bits per heavy atom. The van der Waals surface area contributed by atoms with Crippen LogP contribution in [0.4, 0.5) is 4.79 Å². The van der Waals surface area contributed by atoms with E-state index < -0.39 is 11.7 Å². The number of hydrogen-bond acceptors (Lipinski definition) is 4. The zero-order valence-corrected chi connectivity index (χ0v) is 11.4. The number of alkyl carbamates (subject to hydrolysis) is 1. The molecule has 0 fully saturated rings. The maximum atomic E-state index is 11.4. The Labute approximate surface area is 107 Å². The fraction of sp³-hybridized carbons (Fsp3) is 0.667. The van der Waals surface area contributed by atoms with Crippen LogP contribution in [0.2, 0.25) is 0 Å². The lowest BCUT2D eigenvalue weighted by molar-refractivity contribution is 0.0525. The average Bonchev–Trinajstić information content (AvgIpc) is 2.56. The normalized spacial score (nSPS) is 11.4. The molecule has 0 spiro atoms. The molecule has 1 aromatic rings. The first-order valence-electron chi connectivity index (χ1n) is 5.93. The molecule has 0 saturated heterocycles. The average molecular weight is 255 g/mol. The molecular weight excluding hydrogens is 234 g/mol. The van der Waals surface area contributed by atoms with E-state index in [9.17, 15) is 4.79 Å². The number of nitrogens with one attached hydrogen (secondary N) is 1. The molecule has 1 aromatic heterocycles. The van der Waals surface area contributed by atoms with Gasteiger partial charge in [-0.1, -0.05) is 0 Å². The number of ether oxygens (including phenoxy) is 1. The molecule has 0 bridgehead atoms. The van der Waals surface area contributed by atoms with Crippen LogP contribution in [-0.4, -0.2) is 33.1 Å². The Kier molecular flexibility index (Phi) is 4.72. The largest absolute Gasteiger partial charge is 0.444 e.